The number of nitrogens with zero attached hydrogens (tertiary/aromatic N) is 3. The van der Waals surface area contributed by atoms with E-state index < -0.39 is 29.8 Å². The quantitative estimate of drug-likeness (QED) is 0.477. The number of benzene rings is 2. The number of alkyl halides is 3. The van der Waals surface area contributed by atoms with Gasteiger partial charge in [0.1, 0.15) is 11.5 Å². The topological polar surface area (TPSA) is 65.5 Å². The van der Waals surface area contributed by atoms with Gasteiger partial charge in [0.2, 0.25) is 5.91 Å². The van der Waals surface area contributed by atoms with E-state index in [1.165, 1.54) is 54.3 Å². The van der Waals surface area contributed by atoms with Gasteiger partial charge in [0.25, 0.3) is 5.91 Å². The highest BCUT2D eigenvalue weighted by atomic mass is 35.5. The summed E-state index contributed by atoms with van der Waals surface area (Å²) in [5.41, 5.74) is -0.472. The number of likely N-dealkylation sites (tertiary alicyclic amines) is 1. The number of carbonyl (C=O) groups excluding carboxylic acids is 2. The number of halogens is 5. The van der Waals surface area contributed by atoms with Crippen molar-refractivity contribution in [2.75, 3.05) is 25.5 Å². The number of anilines is 1. The zero-order valence-corrected chi connectivity index (χ0v) is 20.2. The molecule has 1 saturated heterocycles. The highest BCUT2D eigenvalue weighted by Gasteiger charge is 2.36. The van der Waals surface area contributed by atoms with Gasteiger partial charge in [-0.05, 0) is 55.0 Å². The van der Waals surface area contributed by atoms with E-state index in [4.69, 9.17) is 11.6 Å². The summed E-state index contributed by atoms with van der Waals surface area (Å²) >= 11 is 6.10. The molecule has 0 unspecified atom stereocenters. The molecule has 4 rings (SSSR count). The third-order valence-electron chi connectivity index (χ3n) is 6.25. The monoisotopic (exact) mass is 522 g/mol. The molecule has 1 aliphatic rings. The number of hydrogen-bond donors (Lipinski definition) is 1. The number of pyridine rings is 1. The molecule has 2 heterocycles. The molecule has 0 radical (unpaired) electrons. The molecule has 1 fully saturated rings. The molecule has 1 N–H and O–H groups in total. The summed E-state index contributed by atoms with van der Waals surface area (Å²) in [7, 11) is 1.58. The third-order valence-corrected chi connectivity index (χ3v) is 6.49. The maximum absolute atomic E-state index is 13.5. The van der Waals surface area contributed by atoms with Crippen LogP contribution in [-0.2, 0) is 11.0 Å². The lowest BCUT2D eigenvalue weighted by atomic mass is 9.98. The van der Waals surface area contributed by atoms with Crippen molar-refractivity contribution in [1.82, 2.24) is 14.8 Å². The van der Waals surface area contributed by atoms with Crippen LogP contribution in [-0.4, -0.2) is 58.8 Å². The maximum atomic E-state index is 13.5. The molecule has 0 bridgehead atoms. The fourth-order valence-electron chi connectivity index (χ4n) is 4.36. The fraction of sp³-hybridized carbons (Fsp3) is 0.320. The Bertz CT molecular complexity index is 1300. The molecule has 6 nitrogen and oxygen atoms in total. The van der Waals surface area contributed by atoms with Crippen LogP contribution in [0.25, 0.3) is 10.9 Å². The molecule has 190 valence electrons. The van der Waals surface area contributed by atoms with Crippen molar-refractivity contribution in [3.8, 4) is 0 Å². The first kappa shape index (κ1) is 25.7. The third kappa shape index (κ3) is 5.53. The SMILES string of the molecule is CC(=O)N1C[C@H](Nc2cc(C(F)(F)F)nc3ccc(Cl)cc23)C[C@H](N(C)C(=O)c2ccc(F)cc2)C1. The Kier molecular flexibility index (Phi) is 7.08. The highest BCUT2D eigenvalue weighted by molar-refractivity contribution is 6.31. The van der Waals surface area contributed by atoms with Gasteiger partial charge in [0.05, 0.1) is 11.6 Å². The zero-order valence-electron chi connectivity index (χ0n) is 19.4. The van der Waals surface area contributed by atoms with E-state index in [-0.39, 0.29) is 41.7 Å². The Morgan fingerprint density at radius 1 is 1.11 bits per heavy atom. The molecular formula is C25H23ClF4N4O2. The minimum Gasteiger partial charge on any atom is -0.380 e. The van der Waals surface area contributed by atoms with Crippen LogP contribution in [0.15, 0.2) is 48.5 Å². The van der Waals surface area contributed by atoms with Crippen LogP contribution in [0.2, 0.25) is 5.02 Å². The molecule has 3 aromatic rings. The lowest BCUT2D eigenvalue weighted by Gasteiger charge is -2.41. The summed E-state index contributed by atoms with van der Waals surface area (Å²) in [4.78, 5) is 32.0. The predicted octanol–water partition coefficient (Wildman–Crippen LogP) is 5.22. The molecule has 2 atom stereocenters. The van der Waals surface area contributed by atoms with Crippen LogP contribution in [0.4, 0.5) is 23.2 Å². The highest BCUT2D eigenvalue weighted by Crippen LogP contribution is 2.35. The Balaban J connectivity index is 1.65. The molecule has 1 aromatic heterocycles. The second-order valence-corrected chi connectivity index (χ2v) is 9.23. The normalized spacial score (nSPS) is 18.2. The Morgan fingerprint density at radius 2 is 1.81 bits per heavy atom. The number of amides is 2. The summed E-state index contributed by atoms with van der Waals surface area (Å²) in [6.45, 7) is 1.88. The van der Waals surface area contributed by atoms with Gasteiger partial charge in [-0.1, -0.05) is 11.6 Å². The molecule has 0 aliphatic carbocycles. The number of carbonyl (C=O) groups is 2. The largest absolute Gasteiger partial charge is 0.433 e. The lowest BCUT2D eigenvalue weighted by Crippen LogP contribution is -2.56. The van der Waals surface area contributed by atoms with Crippen molar-refractivity contribution in [3.63, 3.8) is 0 Å². The number of fused-ring (bicyclic) bond motifs is 1. The Labute approximate surface area is 209 Å². The van der Waals surface area contributed by atoms with Gasteiger partial charge in [0.15, 0.2) is 0 Å². The molecular weight excluding hydrogens is 500 g/mol. The van der Waals surface area contributed by atoms with E-state index in [0.717, 1.165) is 6.07 Å². The summed E-state index contributed by atoms with van der Waals surface area (Å²) < 4.78 is 53.9. The first-order chi connectivity index (χ1) is 16.9. The van der Waals surface area contributed by atoms with Crippen molar-refractivity contribution in [2.45, 2.75) is 31.6 Å². The standard InChI is InChI=1S/C25H23ClF4N4O2/c1-14(35)34-12-18(10-19(13-34)33(2)24(36)15-3-6-17(27)7-4-15)31-22-11-23(25(28,29)30)32-21-8-5-16(26)9-20(21)22/h3-9,11,18-19H,10,12-13H2,1-2H3,(H,31,32)/t18-,19+/m1/s1. The predicted molar refractivity (Wildman–Crippen MR) is 128 cm³/mol. The van der Waals surface area contributed by atoms with E-state index in [0.29, 0.717) is 16.8 Å². The molecule has 36 heavy (non-hydrogen) atoms. The average molecular weight is 523 g/mol. The molecule has 0 spiro atoms. The smallest absolute Gasteiger partial charge is 0.380 e. The number of piperidine rings is 1. The van der Waals surface area contributed by atoms with E-state index in [2.05, 4.69) is 10.3 Å². The van der Waals surface area contributed by atoms with E-state index >= 15 is 0 Å². The van der Waals surface area contributed by atoms with Crippen molar-refractivity contribution >= 4 is 40.0 Å². The fourth-order valence-corrected chi connectivity index (χ4v) is 4.53. The minimum absolute atomic E-state index is 0.121. The van der Waals surface area contributed by atoms with Gasteiger partial charge in [-0.3, -0.25) is 9.59 Å². The first-order valence-electron chi connectivity index (χ1n) is 11.1. The maximum Gasteiger partial charge on any atom is 0.433 e. The van der Waals surface area contributed by atoms with Gasteiger partial charge in [0, 0.05) is 54.8 Å². The number of aromatic nitrogens is 1. The van der Waals surface area contributed by atoms with Crippen molar-refractivity contribution in [3.05, 3.63) is 70.6 Å². The second-order valence-electron chi connectivity index (χ2n) is 8.79. The van der Waals surface area contributed by atoms with Crippen LogP contribution >= 0.6 is 11.6 Å². The van der Waals surface area contributed by atoms with Crippen LogP contribution in [0.3, 0.4) is 0 Å². The van der Waals surface area contributed by atoms with Crippen LogP contribution < -0.4 is 5.32 Å². The van der Waals surface area contributed by atoms with Crippen molar-refractivity contribution in [2.24, 2.45) is 0 Å². The van der Waals surface area contributed by atoms with Crippen LogP contribution in [0, 0.1) is 5.82 Å². The van der Waals surface area contributed by atoms with Crippen molar-refractivity contribution < 1.29 is 27.2 Å². The van der Waals surface area contributed by atoms with Gasteiger partial charge in [-0.15, -0.1) is 0 Å². The van der Waals surface area contributed by atoms with E-state index in [1.807, 2.05) is 0 Å². The zero-order chi connectivity index (χ0) is 26.2. The summed E-state index contributed by atoms with van der Waals surface area (Å²) in [5, 5.41) is 3.88. The average Bonchev–Trinajstić information content (AvgIpc) is 2.83. The first-order valence-corrected chi connectivity index (χ1v) is 11.5. The molecule has 1 aliphatic heterocycles. The molecule has 2 aromatic carbocycles. The summed E-state index contributed by atoms with van der Waals surface area (Å²) in [6, 6.07) is 9.55. The molecule has 0 saturated carbocycles. The van der Waals surface area contributed by atoms with Crippen molar-refractivity contribution in [1.29, 1.82) is 0 Å². The number of hydrogen-bond acceptors (Lipinski definition) is 4. The summed E-state index contributed by atoms with van der Waals surface area (Å²) in [5.74, 6) is -1.06. The number of likely N-dealkylation sites (N-methyl/N-ethyl adjacent to an activating group) is 1. The minimum atomic E-state index is -4.66. The Morgan fingerprint density at radius 3 is 2.44 bits per heavy atom. The summed E-state index contributed by atoms with van der Waals surface area (Å²) in [6.07, 6.45) is -4.30. The number of rotatable bonds is 4. The number of nitrogens with one attached hydrogen (secondary N) is 1. The lowest BCUT2D eigenvalue weighted by molar-refractivity contribution is -0.140. The molecule has 11 heteroatoms. The second kappa shape index (κ2) is 9.93. The van der Waals surface area contributed by atoms with E-state index in [1.54, 1.807) is 11.9 Å². The van der Waals surface area contributed by atoms with Gasteiger partial charge >= 0.3 is 6.18 Å². The van der Waals surface area contributed by atoms with Gasteiger partial charge < -0.3 is 15.1 Å². The van der Waals surface area contributed by atoms with Crippen LogP contribution in [0.1, 0.15) is 29.4 Å². The van der Waals surface area contributed by atoms with E-state index in [9.17, 15) is 27.2 Å². The van der Waals surface area contributed by atoms with Crippen LogP contribution in [0.5, 0.6) is 0 Å². The van der Waals surface area contributed by atoms with Gasteiger partial charge in [-0.25, -0.2) is 9.37 Å². The molecule has 2 amide bonds. The Hall–Kier alpha value is -3.40. The van der Waals surface area contributed by atoms with Gasteiger partial charge in [-0.2, -0.15) is 13.2 Å².